The highest BCUT2D eigenvalue weighted by Gasteiger charge is 2.21. The van der Waals surface area contributed by atoms with Crippen LogP contribution in [0.15, 0.2) is 18.3 Å². The topological polar surface area (TPSA) is 37.8 Å². The molecule has 5 nitrogen and oxygen atoms in total. The minimum atomic E-state index is 0.420. The van der Waals surface area contributed by atoms with Gasteiger partial charge in [0, 0.05) is 32.2 Å². The number of hydrogen-bond acceptors (Lipinski definition) is 5. The van der Waals surface area contributed by atoms with Crippen LogP contribution in [0.2, 0.25) is 0 Å². The van der Waals surface area contributed by atoms with E-state index in [1.54, 1.807) is 7.11 Å². The number of hydrogen-bond donors (Lipinski definition) is 0. The second-order valence-corrected chi connectivity index (χ2v) is 6.97. The van der Waals surface area contributed by atoms with E-state index in [-0.39, 0.29) is 0 Å². The first kappa shape index (κ1) is 17.4. The lowest BCUT2D eigenvalue weighted by molar-refractivity contribution is 0.0497. The predicted octanol–water partition coefficient (Wildman–Crippen LogP) is 2.89. The van der Waals surface area contributed by atoms with Crippen molar-refractivity contribution in [2.75, 3.05) is 44.8 Å². The normalized spacial score (nSPS) is 19.4. The third-order valence-corrected chi connectivity index (χ3v) is 5.30. The molecular weight excluding hydrogens is 322 g/mol. The molecule has 0 N–H and O–H groups in total. The van der Waals surface area contributed by atoms with Gasteiger partial charge in [-0.2, -0.15) is 0 Å². The molecule has 6 heteroatoms. The largest absolute Gasteiger partial charge is 0.481 e. The van der Waals surface area contributed by atoms with Gasteiger partial charge < -0.3 is 19.3 Å². The van der Waals surface area contributed by atoms with Crippen LogP contribution in [0.5, 0.6) is 5.88 Å². The number of pyridine rings is 1. The maximum absolute atomic E-state index is 6.01. The fourth-order valence-corrected chi connectivity index (χ4v) is 3.66. The predicted molar refractivity (Wildman–Crippen MR) is 100.0 cm³/mol. The first-order chi connectivity index (χ1) is 11.8. The molecule has 1 aromatic heterocycles. The molecule has 2 aliphatic rings. The van der Waals surface area contributed by atoms with Crippen molar-refractivity contribution in [3.8, 4) is 5.88 Å². The standard InChI is InChI=1S/C18H27N3O2S/c1-22-17-8-7-15(13-19-17)20-9-11-21(12-10-20)18(24)14-23-16-5-3-2-4-6-16/h7-8,13,16H,2-6,9-12,14H2,1H3. The zero-order chi connectivity index (χ0) is 16.8. The van der Waals surface area contributed by atoms with Gasteiger partial charge in [0.15, 0.2) is 0 Å². The molecule has 2 fully saturated rings. The van der Waals surface area contributed by atoms with Crippen molar-refractivity contribution in [1.29, 1.82) is 0 Å². The summed E-state index contributed by atoms with van der Waals surface area (Å²) >= 11 is 5.58. The molecule has 3 rings (SSSR count). The van der Waals surface area contributed by atoms with Crippen LogP contribution in [0.1, 0.15) is 32.1 Å². The van der Waals surface area contributed by atoms with E-state index in [2.05, 4.69) is 20.9 Å². The molecule has 0 amide bonds. The third-order valence-electron chi connectivity index (χ3n) is 4.92. The smallest absolute Gasteiger partial charge is 0.213 e. The fourth-order valence-electron chi connectivity index (χ4n) is 3.41. The van der Waals surface area contributed by atoms with Gasteiger partial charge in [-0.1, -0.05) is 31.5 Å². The van der Waals surface area contributed by atoms with Crippen LogP contribution < -0.4 is 9.64 Å². The van der Waals surface area contributed by atoms with E-state index in [1.165, 1.54) is 32.1 Å². The van der Waals surface area contributed by atoms with E-state index in [4.69, 9.17) is 21.7 Å². The van der Waals surface area contributed by atoms with Gasteiger partial charge in [-0.05, 0) is 18.9 Å². The van der Waals surface area contributed by atoms with Crippen molar-refractivity contribution in [2.24, 2.45) is 0 Å². The van der Waals surface area contributed by atoms with Crippen molar-refractivity contribution in [1.82, 2.24) is 9.88 Å². The van der Waals surface area contributed by atoms with Crippen molar-refractivity contribution < 1.29 is 9.47 Å². The highest BCUT2D eigenvalue weighted by molar-refractivity contribution is 7.80. The van der Waals surface area contributed by atoms with Gasteiger partial charge in [0.05, 0.1) is 31.7 Å². The number of methoxy groups -OCH3 is 1. The van der Waals surface area contributed by atoms with Crippen LogP contribution in [0.3, 0.4) is 0 Å². The van der Waals surface area contributed by atoms with Crippen LogP contribution >= 0.6 is 12.2 Å². The maximum Gasteiger partial charge on any atom is 0.213 e. The highest BCUT2D eigenvalue weighted by Crippen LogP contribution is 2.21. The molecule has 24 heavy (non-hydrogen) atoms. The van der Waals surface area contributed by atoms with Gasteiger partial charge in [0.1, 0.15) is 4.99 Å². The molecule has 1 aromatic rings. The third kappa shape index (κ3) is 4.57. The monoisotopic (exact) mass is 349 g/mol. The Morgan fingerprint density at radius 2 is 1.92 bits per heavy atom. The Balaban J connectivity index is 1.42. The quantitative estimate of drug-likeness (QED) is 0.761. The molecule has 2 heterocycles. The Bertz CT molecular complexity index is 524. The van der Waals surface area contributed by atoms with Crippen molar-refractivity contribution >= 4 is 22.9 Å². The SMILES string of the molecule is COc1ccc(N2CCN(C(=S)COC3CCCCC3)CC2)cn1. The summed E-state index contributed by atoms with van der Waals surface area (Å²) in [6, 6.07) is 3.97. The number of rotatable bonds is 5. The summed E-state index contributed by atoms with van der Waals surface area (Å²) in [6.07, 6.45) is 8.63. The molecule has 0 unspecified atom stereocenters. The van der Waals surface area contributed by atoms with Gasteiger partial charge in [-0.25, -0.2) is 4.98 Å². The summed E-state index contributed by atoms with van der Waals surface area (Å²) in [6.45, 7) is 4.40. The lowest BCUT2D eigenvalue weighted by atomic mass is 9.98. The van der Waals surface area contributed by atoms with E-state index in [0.29, 0.717) is 18.6 Å². The fraction of sp³-hybridized carbons (Fsp3) is 0.667. The second-order valence-electron chi connectivity index (χ2n) is 6.50. The number of aromatic nitrogens is 1. The number of nitrogens with zero attached hydrogens (tertiary/aromatic N) is 3. The minimum Gasteiger partial charge on any atom is -0.481 e. The molecule has 1 saturated carbocycles. The molecule has 0 spiro atoms. The number of anilines is 1. The molecule has 1 aliphatic carbocycles. The van der Waals surface area contributed by atoms with Gasteiger partial charge >= 0.3 is 0 Å². The van der Waals surface area contributed by atoms with Crippen LogP contribution in [0, 0.1) is 0 Å². The highest BCUT2D eigenvalue weighted by atomic mass is 32.1. The summed E-state index contributed by atoms with van der Waals surface area (Å²) < 4.78 is 11.1. The van der Waals surface area contributed by atoms with Crippen LogP contribution in [0.4, 0.5) is 5.69 Å². The average Bonchev–Trinajstić information content (AvgIpc) is 2.67. The Kier molecular flexibility index (Phi) is 6.26. The molecule has 1 aliphatic heterocycles. The lowest BCUT2D eigenvalue weighted by Crippen LogP contribution is -2.49. The Labute approximate surface area is 149 Å². The van der Waals surface area contributed by atoms with Crippen molar-refractivity contribution in [3.05, 3.63) is 18.3 Å². The zero-order valence-corrected chi connectivity index (χ0v) is 15.3. The maximum atomic E-state index is 6.01. The van der Waals surface area contributed by atoms with Crippen LogP contribution in [-0.2, 0) is 4.74 Å². The van der Waals surface area contributed by atoms with E-state index in [1.807, 2.05) is 12.3 Å². The molecule has 0 atom stereocenters. The van der Waals surface area contributed by atoms with Crippen LogP contribution in [-0.4, -0.2) is 60.9 Å². The first-order valence-electron chi connectivity index (χ1n) is 8.90. The molecule has 1 saturated heterocycles. The summed E-state index contributed by atoms with van der Waals surface area (Å²) in [5, 5.41) is 0. The number of piperazine rings is 1. The molecule has 0 aromatic carbocycles. The molecule has 0 radical (unpaired) electrons. The Hall–Kier alpha value is -1.40. The molecular formula is C18H27N3O2S. The Morgan fingerprint density at radius 1 is 1.17 bits per heavy atom. The van der Waals surface area contributed by atoms with Gasteiger partial charge in [-0.3, -0.25) is 0 Å². The average molecular weight is 350 g/mol. The lowest BCUT2D eigenvalue weighted by Gasteiger charge is -2.37. The number of thiocarbonyl (C=S) groups is 1. The molecule has 0 bridgehead atoms. The minimum absolute atomic E-state index is 0.420. The van der Waals surface area contributed by atoms with Gasteiger partial charge in [0.2, 0.25) is 5.88 Å². The van der Waals surface area contributed by atoms with E-state index >= 15 is 0 Å². The van der Waals surface area contributed by atoms with E-state index < -0.39 is 0 Å². The summed E-state index contributed by atoms with van der Waals surface area (Å²) in [7, 11) is 1.64. The summed E-state index contributed by atoms with van der Waals surface area (Å²) in [4.78, 5) is 9.86. The van der Waals surface area contributed by atoms with Gasteiger partial charge in [-0.15, -0.1) is 0 Å². The first-order valence-corrected chi connectivity index (χ1v) is 9.31. The summed E-state index contributed by atoms with van der Waals surface area (Å²) in [5.74, 6) is 0.651. The van der Waals surface area contributed by atoms with Crippen LogP contribution in [0.25, 0.3) is 0 Å². The van der Waals surface area contributed by atoms with E-state index in [0.717, 1.165) is 36.9 Å². The molecule has 132 valence electrons. The zero-order valence-electron chi connectivity index (χ0n) is 14.4. The van der Waals surface area contributed by atoms with Gasteiger partial charge in [0.25, 0.3) is 0 Å². The Morgan fingerprint density at radius 3 is 2.54 bits per heavy atom. The van der Waals surface area contributed by atoms with Crippen molar-refractivity contribution in [3.63, 3.8) is 0 Å². The van der Waals surface area contributed by atoms with E-state index in [9.17, 15) is 0 Å². The second kappa shape index (κ2) is 8.62. The van der Waals surface area contributed by atoms with Crippen molar-refractivity contribution in [2.45, 2.75) is 38.2 Å². The number of ether oxygens (including phenoxy) is 2. The summed E-state index contributed by atoms with van der Waals surface area (Å²) in [5.41, 5.74) is 1.14.